The van der Waals surface area contributed by atoms with Gasteiger partial charge >= 0.3 is 0 Å². The Morgan fingerprint density at radius 3 is 2.40 bits per heavy atom. The fraction of sp³-hybridized carbons (Fsp3) is 0.143. The van der Waals surface area contributed by atoms with Gasteiger partial charge in [-0.3, -0.25) is 4.18 Å². The molecule has 0 heterocycles. The van der Waals surface area contributed by atoms with Gasteiger partial charge in [0.15, 0.2) is 0 Å². The Kier molecular flexibility index (Phi) is 4.57. The average molecular weight is 359 g/mol. The monoisotopic (exact) mass is 358 g/mol. The summed E-state index contributed by atoms with van der Waals surface area (Å²) in [7, 11) is -3.81. The highest BCUT2D eigenvalue weighted by Gasteiger charge is 2.15. The van der Waals surface area contributed by atoms with Crippen molar-refractivity contribution in [3.63, 3.8) is 0 Å². The van der Waals surface area contributed by atoms with E-state index in [0.717, 1.165) is 5.56 Å². The SMILES string of the molecule is Cc1ccc(S(=O)(=O)OCc2ccc(F)c(Br)c2)cc1. The third-order valence-corrected chi connectivity index (χ3v) is 4.56. The summed E-state index contributed by atoms with van der Waals surface area (Å²) in [4.78, 5) is 0.101. The minimum atomic E-state index is -3.81. The molecule has 0 fully saturated rings. The van der Waals surface area contributed by atoms with Crippen molar-refractivity contribution in [3.05, 3.63) is 63.9 Å². The van der Waals surface area contributed by atoms with Crippen molar-refractivity contribution in [2.75, 3.05) is 0 Å². The van der Waals surface area contributed by atoms with Gasteiger partial charge in [-0.1, -0.05) is 23.8 Å². The quantitative estimate of drug-likeness (QED) is 0.780. The van der Waals surface area contributed by atoms with Gasteiger partial charge in [0.2, 0.25) is 0 Å². The highest BCUT2D eigenvalue weighted by Crippen LogP contribution is 2.19. The summed E-state index contributed by atoms with van der Waals surface area (Å²) in [6, 6.07) is 10.6. The molecule has 0 saturated carbocycles. The first-order valence-electron chi connectivity index (χ1n) is 5.78. The van der Waals surface area contributed by atoms with Gasteiger partial charge in [0.25, 0.3) is 10.1 Å². The largest absolute Gasteiger partial charge is 0.297 e. The first kappa shape index (κ1) is 15.2. The second-order valence-corrected chi connectivity index (χ2v) is 6.75. The second-order valence-electron chi connectivity index (χ2n) is 4.28. The molecule has 2 aromatic carbocycles. The molecule has 0 bridgehead atoms. The summed E-state index contributed by atoms with van der Waals surface area (Å²) in [6.45, 7) is 1.72. The maximum Gasteiger partial charge on any atom is 0.297 e. The van der Waals surface area contributed by atoms with E-state index in [-0.39, 0.29) is 16.0 Å². The summed E-state index contributed by atoms with van der Waals surface area (Å²) in [6.07, 6.45) is 0. The molecule has 106 valence electrons. The first-order valence-corrected chi connectivity index (χ1v) is 7.98. The van der Waals surface area contributed by atoms with E-state index in [1.165, 1.54) is 30.3 Å². The zero-order valence-corrected chi connectivity index (χ0v) is 13.0. The van der Waals surface area contributed by atoms with Crippen LogP contribution in [0, 0.1) is 12.7 Å². The fourth-order valence-electron chi connectivity index (χ4n) is 1.55. The number of aryl methyl sites for hydroxylation is 1. The smallest absolute Gasteiger partial charge is 0.262 e. The predicted molar refractivity (Wildman–Crippen MR) is 77.3 cm³/mol. The molecule has 0 aliphatic rings. The zero-order valence-electron chi connectivity index (χ0n) is 10.6. The van der Waals surface area contributed by atoms with Gasteiger partial charge in [-0.2, -0.15) is 8.42 Å². The lowest BCUT2D eigenvalue weighted by Gasteiger charge is -2.06. The van der Waals surface area contributed by atoms with E-state index in [1.807, 2.05) is 6.92 Å². The molecule has 20 heavy (non-hydrogen) atoms. The Hall–Kier alpha value is -1.24. The summed E-state index contributed by atoms with van der Waals surface area (Å²) >= 11 is 3.04. The van der Waals surface area contributed by atoms with Crippen LogP contribution in [0.15, 0.2) is 51.8 Å². The number of halogens is 2. The number of hydrogen-bond acceptors (Lipinski definition) is 3. The Bertz CT molecular complexity index is 712. The van der Waals surface area contributed by atoms with E-state index in [4.69, 9.17) is 4.18 Å². The molecule has 0 aromatic heterocycles. The standard InChI is InChI=1S/C14H12BrFO3S/c1-10-2-5-12(6-3-10)20(17,18)19-9-11-4-7-14(16)13(15)8-11/h2-8H,9H2,1H3. The Morgan fingerprint density at radius 1 is 1.15 bits per heavy atom. The fourth-order valence-corrected chi connectivity index (χ4v) is 2.87. The van der Waals surface area contributed by atoms with Crippen LogP contribution in [0.25, 0.3) is 0 Å². The molecule has 0 aliphatic carbocycles. The van der Waals surface area contributed by atoms with Gasteiger partial charge in [0, 0.05) is 0 Å². The van der Waals surface area contributed by atoms with Crippen molar-refractivity contribution in [3.8, 4) is 0 Å². The van der Waals surface area contributed by atoms with Crippen molar-refractivity contribution >= 4 is 26.0 Å². The third kappa shape index (κ3) is 3.65. The molecule has 0 amide bonds. The van der Waals surface area contributed by atoms with Crippen molar-refractivity contribution in [1.29, 1.82) is 0 Å². The number of hydrogen-bond donors (Lipinski definition) is 0. The molecule has 2 rings (SSSR count). The van der Waals surface area contributed by atoms with Crippen LogP contribution < -0.4 is 0 Å². The number of rotatable bonds is 4. The third-order valence-electron chi connectivity index (χ3n) is 2.67. The molecule has 2 aromatic rings. The van der Waals surface area contributed by atoms with E-state index in [0.29, 0.717) is 5.56 Å². The molecule has 0 radical (unpaired) electrons. The first-order chi connectivity index (χ1) is 9.38. The summed E-state index contributed by atoms with van der Waals surface area (Å²) < 4.78 is 42.2. The maximum atomic E-state index is 13.1. The molecule has 0 atom stereocenters. The van der Waals surface area contributed by atoms with Crippen LogP contribution in [0.3, 0.4) is 0 Å². The molecule has 3 nitrogen and oxygen atoms in total. The van der Waals surface area contributed by atoms with E-state index < -0.39 is 15.9 Å². The Labute approximate surface area is 125 Å². The zero-order chi connectivity index (χ0) is 14.8. The Morgan fingerprint density at radius 2 is 1.80 bits per heavy atom. The van der Waals surface area contributed by atoms with Crippen molar-refractivity contribution in [1.82, 2.24) is 0 Å². The normalized spacial score (nSPS) is 11.6. The molecule has 0 N–H and O–H groups in total. The van der Waals surface area contributed by atoms with Gasteiger partial charge in [-0.15, -0.1) is 0 Å². The summed E-state index contributed by atoms with van der Waals surface area (Å²) in [5, 5.41) is 0. The Balaban J connectivity index is 2.13. The van der Waals surface area contributed by atoms with Crippen LogP contribution >= 0.6 is 15.9 Å². The lowest BCUT2D eigenvalue weighted by atomic mass is 10.2. The van der Waals surface area contributed by atoms with E-state index in [1.54, 1.807) is 12.1 Å². The van der Waals surface area contributed by atoms with Crippen LogP contribution in [0.4, 0.5) is 4.39 Å². The van der Waals surface area contributed by atoms with Crippen molar-refractivity contribution < 1.29 is 17.0 Å². The van der Waals surface area contributed by atoms with Crippen LogP contribution in [0.1, 0.15) is 11.1 Å². The predicted octanol–water partition coefficient (Wildman–Crippen LogP) is 3.80. The lowest BCUT2D eigenvalue weighted by Crippen LogP contribution is -2.06. The van der Waals surface area contributed by atoms with Gasteiger partial charge in [-0.05, 0) is 52.7 Å². The van der Waals surface area contributed by atoms with Gasteiger partial charge in [0.05, 0.1) is 16.0 Å². The van der Waals surface area contributed by atoms with Gasteiger partial charge in [-0.25, -0.2) is 4.39 Å². The number of benzene rings is 2. The van der Waals surface area contributed by atoms with Crippen LogP contribution in [-0.2, 0) is 20.9 Å². The summed E-state index contributed by atoms with van der Waals surface area (Å²) in [5.41, 5.74) is 1.53. The molecular formula is C14H12BrFO3S. The highest BCUT2D eigenvalue weighted by atomic mass is 79.9. The minimum Gasteiger partial charge on any atom is -0.262 e. The van der Waals surface area contributed by atoms with E-state index in [2.05, 4.69) is 15.9 Å². The van der Waals surface area contributed by atoms with Gasteiger partial charge in [0.1, 0.15) is 5.82 Å². The van der Waals surface area contributed by atoms with Gasteiger partial charge < -0.3 is 0 Å². The van der Waals surface area contributed by atoms with E-state index in [9.17, 15) is 12.8 Å². The van der Waals surface area contributed by atoms with Crippen LogP contribution in [0.5, 0.6) is 0 Å². The van der Waals surface area contributed by atoms with Crippen LogP contribution in [0.2, 0.25) is 0 Å². The molecule has 0 spiro atoms. The maximum absolute atomic E-state index is 13.1. The average Bonchev–Trinajstić information content (AvgIpc) is 2.41. The second kappa shape index (κ2) is 6.03. The van der Waals surface area contributed by atoms with Crippen molar-refractivity contribution in [2.24, 2.45) is 0 Å². The topological polar surface area (TPSA) is 43.4 Å². The molecule has 6 heteroatoms. The molecule has 0 unspecified atom stereocenters. The van der Waals surface area contributed by atoms with E-state index >= 15 is 0 Å². The molecular weight excluding hydrogens is 347 g/mol. The highest BCUT2D eigenvalue weighted by molar-refractivity contribution is 9.10. The minimum absolute atomic E-state index is 0.101. The van der Waals surface area contributed by atoms with Crippen LogP contribution in [-0.4, -0.2) is 8.42 Å². The molecule has 0 aliphatic heterocycles. The molecule has 0 saturated heterocycles. The van der Waals surface area contributed by atoms with Crippen molar-refractivity contribution in [2.45, 2.75) is 18.4 Å². The lowest BCUT2D eigenvalue weighted by molar-refractivity contribution is 0.308. The summed E-state index contributed by atoms with van der Waals surface area (Å²) in [5.74, 6) is -0.407.